The Morgan fingerprint density at radius 1 is 1.55 bits per heavy atom. The zero-order chi connectivity index (χ0) is 14.7. The summed E-state index contributed by atoms with van der Waals surface area (Å²) in [5, 5.41) is 8.60. The van der Waals surface area contributed by atoms with Gasteiger partial charge in [0.25, 0.3) is 5.91 Å². The number of rotatable bonds is 3. The Balaban J connectivity index is 2.16. The summed E-state index contributed by atoms with van der Waals surface area (Å²) < 4.78 is 13.8. The average Bonchev–Trinajstić information content (AvgIpc) is 3.28. The van der Waals surface area contributed by atoms with E-state index in [4.69, 9.17) is 5.11 Å². The quantitative estimate of drug-likeness (QED) is 0.858. The van der Waals surface area contributed by atoms with Crippen LogP contribution in [0.4, 0.5) is 4.39 Å². The molecule has 1 aromatic rings. The van der Waals surface area contributed by atoms with Crippen molar-refractivity contribution >= 4 is 5.91 Å². The molecule has 1 atom stereocenters. The van der Waals surface area contributed by atoms with Gasteiger partial charge in [0.1, 0.15) is 12.4 Å². The van der Waals surface area contributed by atoms with Crippen LogP contribution in [-0.4, -0.2) is 35.6 Å². The first-order valence-corrected chi connectivity index (χ1v) is 6.71. The van der Waals surface area contributed by atoms with Gasteiger partial charge < -0.3 is 10.0 Å². The van der Waals surface area contributed by atoms with Crippen LogP contribution in [0, 0.1) is 23.6 Å². The Labute approximate surface area is 118 Å². The highest BCUT2D eigenvalue weighted by atomic mass is 19.1. The molecule has 1 aliphatic carbocycles. The summed E-state index contributed by atoms with van der Waals surface area (Å²) in [4.78, 5) is 14.0. The molecule has 1 fully saturated rings. The lowest BCUT2D eigenvalue weighted by Crippen LogP contribution is -2.36. The first-order chi connectivity index (χ1) is 9.54. The Bertz CT molecular complexity index is 570. The van der Waals surface area contributed by atoms with Gasteiger partial charge in [-0.25, -0.2) is 4.39 Å². The van der Waals surface area contributed by atoms with Crippen molar-refractivity contribution in [2.24, 2.45) is 5.92 Å². The van der Waals surface area contributed by atoms with Crippen molar-refractivity contribution in [3.8, 4) is 11.8 Å². The summed E-state index contributed by atoms with van der Waals surface area (Å²) in [5.41, 5.74) is 0.514. The average molecular weight is 275 g/mol. The molecule has 4 heteroatoms. The minimum absolute atomic E-state index is 0.176. The fourth-order valence-electron chi connectivity index (χ4n) is 2.17. The second-order valence-electron chi connectivity index (χ2n) is 5.15. The van der Waals surface area contributed by atoms with E-state index in [2.05, 4.69) is 11.8 Å². The fraction of sp³-hybridized carbons (Fsp3) is 0.438. The number of amides is 1. The van der Waals surface area contributed by atoms with Crippen molar-refractivity contribution in [2.45, 2.75) is 25.8 Å². The predicted molar refractivity (Wildman–Crippen MR) is 74.6 cm³/mol. The molecule has 106 valence electrons. The van der Waals surface area contributed by atoms with Crippen molar-refractivity contribution in [1.82, 2.24) is 4.90 Å². The number of hydrogen-bond acceptors (Lipinski definition) is 2. The van der Waals surface area contributed by atoms with Crippen LogP contribution in [0.25, 0.3) is 0 Å². The summed E-state index contributed by atoms with van der Waals surface area (Å²) in [5.74, 6) is 4.76. The van der Waals surface area contributed by atoms with Crippen molar-refractivity contribution in [2.75, 3.05) is 13.7 Å². The number of benzene rings is 1. The van der Waals surface area contributed by atoms with Crippen LogP contribution in [0.15, 0.2) is 18.2 Å². The Hall–Kier alpha value is -1.86. The van der Waals surface area contributed by atoms with Crippen LogP contribution in [0.3, 0.4) is 0 Å². The van der Waals surface area contributed by atoms with E-state index in [1.54, 1.807) is 18.0 Å². The van der Waals surface area contributed by atoms with Gasteiger partial charge in [-0.2, -0.15) is 0 Å². The van der Waals surface area contributed by atoms with Crippen LogP contribution in [0.1, 0.15) is 35.7 Å². The number of aliphatic hydroxyl groups excluding tert-OH is 1. The lowest BCUT2D eigenvalue weighted by molar-refractivity contribution is 0.0727. The minimum Gasteiger partial charge on any atom is -0.384 e. The van der Waals surface area contributed by atoms with Gasteiger partial charge >= 0.3 is 0 Å². The molecule has 0 heterocycles. The summed E-state index contributed by atoms with van der Waals surface area (Å²) in [6, 6.07) is 4.43. The number of hydrogen-bond donors (Lipinski definition) is 1. The summed E-state index contributed by atoms with van der Waals surface area (Å²) in [6.45, 7) is 1.70. The van der Waals surface area contributed by atoms with Gasteiger partial charge in [-0.1, -0.05) is 11.8 Å². The van der Waals surface area contributed by atoms with Crippen LogP contribution in [0.2, 0.25) is 0 Å². The number of carbonyl (C=O) groups is 1. The zero-order valence-corrected chi connectivity index (χ0v) is 11.7. The second-order valence-corrected chi connectivity index (χ2v) is 5.15. The van der Waals surface area contributed by atoms with Crippen molar-refractivity contribution in [3.63, 3.8) is 0 Å². The minimum atomic E-state index is -0.538. The van der Waals surface area contributed by atoms with Crippen molar-refractivity contribution in [1.29, 1.82) is 0 Å². The molecular weight excluding hydrogens is 257 g/mol. The number of nitrogens with zero attached hydrogens (tertiary/aromatic N) is 1. The Kier molecular flexibility index (Phi) is 4.41. The second kappa shape index (κ2) is 6.06. The smallest absolute Gasteiger partial charge is 0.253 e. The van der Waals surface area contributed by atoms with Gasteiger partial charge in [-0.3, -0.25) is 4.79 Å². The van der Waals surface area contributed by atoms with E-state index in [1.807, 2.05) is 6.92 Å². The molecule has 1 N–H and O–H groups in total. The normalized spacial score (nSPS) is 15.2. The Morgan fingerprint density at radius 2 is 2.25 bits per heavy atom. The first kappa shape index (κ1) is 14.5. The molecule has 1 saturated carbocycles. The molecule has 0 saturated heterocycles. The SMILES string of the molecule is CC(C1CC1)N(C)C(=O)c1ccc(C#CCO)c(F)c1. The third-order valence-corrected chi connectivity index (χ3v) is 3.75. The van der Waals surface area contributed by atoms with Crippen LogP contribution in [-0.2, 0) is 0 Å². The van der Waals surface area contributed by atoms with E-state index < -0.39 is 5.82 Å². The zero-order valence-electron chi connectivity index (χ0n) is 11.7. The molecule has 3 nitrogen and oxygen atoms in total. The van der Waals surface area contributed by atoms with Gasteiger partial charge in [0.05, 0.1) is 5.56 Å². The topological polar surface area (TPSA) is 40.5 Å². The van der Waals surface area contributed by atoms with E-state index in [1.165, 1.54) is 12.1 Å². The Morgan fingerprint density at radius 3 is 2.80 bits per heavy atom. The molecular formula is C16H18FNO2. The molecule has 0 aromatic heterocycles. The molecule has 1 aliphatic rings. The molecule has 20 heavy (non-hydrogen) atoms. The van der Waals surface area contributed by atoms with Gasteiger partial charge in [-0.15, -0.1) is 0 Å². The number of halogens is 1. The van der Waals surface area contributed by atoms with Gasteiger partial charge in [-0.05, 0) is 43.9 Å². The maximum Gasteiger partial charge on any atom is 0.253 e. The number of carbonyl (C=O) groups excluding carboxylic acids is 1. The molecule has 0 bridgehead atoms. The number of aliphatic hydroxyl groups is 1. The highest BCUT2D eigenvalue weighted by molar-refractivity contribution is 5.94. The predicted octanol–water partition coefficient (Wildman–Crippen LogP) is 2.04. The van der Waals surface area contributed by atoms with Crippen LogP contribution in [0.5, 0.6) is 0 Å². The first-order valence-electron chi connectivity index (χ1n) is 6.71. The lowest BCUT2D eigenvalue weighted by Gasteiger charge is -2.25. The van der Waals surface area contributed by atoms with E-state index in [0.29, 0.717) is 11.5 Å². The van der Waals surface area contributed by atoms with E-state index in [-0.39, 0.29) is 24.1 Å². The summed E-state index contributed by atoms with van der Waals surface area (Å²) in [7, 11) is 1.75. The van der Waals surface area contributed by atoms with Gasteiger partial charge in [0.15, 0.2) is 0 Å². The highest BCUT2D eigenvalue weighted by Gasteiger charge is 2.32. The monoisotopic (exact) mass is 275 g/mol. The molecule has 2 rings (SSSR count). The summed E-state index contributed by atoms with van der Waals surface area (Å²) in [6.07, 6.45) is 2.31. The van der Waals surface area contributed by atoms with E-state index in [0.717, 1.165) is 12.8 Å². The molecule has 0 radical (unpaired) electrons. The van der Waals surface area contributed by atoms with Crippen molar-refractivity contribution < 1.29 is 14.3 Å². The third kappa shape index (κ3) is 3.17. The molecule has 0 aliphatic heterocycles. The standard InChI is InChI=1S/C16H18FNO2/c1-11(12-5-6-12)18(2)16(20)14-8-7-13(4-3-9-19)15(17)10-14/h7-8,10-12,19H,5-6,9H2,1-2H3. The van der Waals surface area contributed by atoms with Crippen LogP contribution >= 0.6 is 0 Å². The third-order valence-electron chi connectivity index (χ3n) is 3.75. The van der Waals surface area contributed by atoms with Crippen LogP contribution < -0.4 is 0 Å². The van der Waals surface area contributed by atoms with Crippen molar-refractivity contribution in [3.05, 3.63) is 35.1 Å². The largest absolute Gasteiger partial charge is 0.384 e. The highest BCUT2D eigenvalue weighted by Crippen LogP contribution is 2.35. The molecule has 1 aromatic carbocycles. The lowest BCUT2D eigenvalue weighted by atomic mass is 10.1. The molecule has 1 unspecified atom stereocenters. The van der Waals surface area contributed by atoms with E-state index >= 15 is 0 Å². The molecule has 0 spiro atoms. The van der Waals surface area contributed by atoms with E-state index in [9.17, 15) is 9.18 Å². The molecule has 1 amide bonds. The van der Waals surface area contributed by atoms with Gasteiger partial charge in [0.2, 0.25) is 0 Å². The maximum absolute atomic E-state index is 13.8. The maximum atomic E-state index is 13.8. The van der Waals surface area contributed by atoms with Gasteiger partial charge in [0, 0.05) is 18.7 Å². The fourth-order valence-corrected chi connectivity index (χ4v) is 2.17. The summed E-state index contributed by atoms with van der Waals surface area (Å²) >= 11 is 0.